The van der Waals surface area contributed by atoms with Crippen LogP contribution in [0.25, 0.3) is 0 Å². The summed E-state index contributed by atoms with van der Waals surface area (Å²) in [6, 6.07) is 4.28. The second-order valence-electron chi connectivity index (χ2n) is 4.61. The Hall–Kier alpha value is -0.910. The van der Waals surface area contributed by atoms with Crippen molar-refractivity contribution in [3.8, 4) is 5.75 Å². The van der Waals surface area contributed by atoms with Gasteiger partial charge in [-0.25, -0.2) is 4.98 Å². The third-order valence-corrected chi connectivity index (χ3v) is 4.39. The maximum Gasteiger partial charge on any atom is 0.127 e. The lowest BCUT2D eigenvalue weighted by atomic mass is 10.1. The van der Waals surface area contributed by atoms with Crippen LogP contribution in [0.1, 0.15) is 21.8 Å². The molecule has 0 aliphatic carbocycles. The summed E-state index contributed by atoms with van der Waals surface area (Å²) < 4.78 is 6.84. The molecule has 0 atom stereocenters. The largest absolute Gasteiger partial charge is 0.493 e. The summed E-state index contributed by atoms with van der Waals surface area (Å²) >= 11 is 5.25. The summed E-state index contributed by atoms with van der Waals surface area (Å²) in [7, 11) is 0. The van der Waals surface area contributed by atoms with E-state index in [2.05, 4.69) is 43.7 Å². The van der Waals surface area contributed by atoms with E-state index in [1.54, 1.807) is 11.3 Å². The van der Waals surface area contributed by atoms with Crippen molar-refractivity contribution in [3.63, 3.8) is 0 Å². The second kappa shape index (κ2) is 5.61. The summed E-state index contributed by atoms with van der Waals surface area (Å²) in [5, 5.41) is 6.65. The molecule has 19 heavy (non-hydrogen) atoms. The molecule has 1 aliphatic heterocycles. The van der Waals surface area contributed by atoms with Crippen molar-refractivity contribution in [2.24, 2.45) is 0 Å². The lowest BCUT2D eigenvalue weighted by molar-refractivity contribution is 0.352. The van der Waals surface area contributed by atoms with Gasteiger partial charge in [0.2, 0.25) is 0 Å². The fourth-order valence-electron chi connectivity index (χ4n) is 2.29. The molecule has 0 unspecified atom stereocenters. The Morgan fingerprint density at radius 3 is 3.11 bits per heavy atom. The van der Waals surface area contributed by atoms with Crippen LogP contribution in [0.15, 0.2) is 22.0 Å². The number of hydrogen-bond donors (Lipinski definition) is 1. The molecule has 0 saturated heterocycles. The van der Waals surface area contributed by atoms with Crippen molar-refractivity contribution in [1.29, 1.82) is 0 Å². The van der Waals surface area contributed by atoms with E-state index in [-0.39, 0.29) is 0 Å². The van der Waals surface area contributed by atoms with Crippen LogP contribution in [0.4, 0.5) is 0 Å². The lowest BCUT2D eigenvalue weighted by Gasteiger charge is -2.09. The van der Waals surface area contributed by atoms with Crippen LogP contribution in [-0.2, 0) is 19.5 Å². The van der Waals surface area contributed by atoms with Gasteiger partial charge in [-0.3, -0.25) is 0 Å². The zero-order valence-electron chi connectivity index (χ0n) is 10.7. The number of fused-ring (bicyclic) bond motifs is 1. The molecule has 0 radical (unpaired) electrons. The number of halogens is 1. The highest BCUT2D eigenvalue weighted by Gasteiger charge is 2.17. The van der Waals surface area contributed by atoms with Crippen molar-refractivity contribution in [2.45, 2.75) is 26.4 Å². The summed E-state index contributed by atoms with van der Waals surface area (Å²) in [5.74, 6) is 1.06. The number of nitrogens with zero attached hydrogens (tertiary/aromatic N) is 1. The van der Waals surface area contributed by atoms with Crippen LogP contribution in [0.2, 0.25) is 0 Å². The Bertz CT molecular complexity index is 597. The Balaban J connectivity index is 1.67. The number of ether oxygens (including phenoxy) is 1. The molecule has 1 aliphatic rings. The van der Waals surface area contributed by atoms with Crippen molar-refractivity contribution in [1.82, 2.24) is 10.3 Å². The minimum absolute atomic E-state index is 0.796. The molecule has 0 bridgehead atoms. The number of hydrogen-bond acceptors (Lipinski definition) is 4. The van der Waals surface area contributed by atoms with E-state index in [1.807, 2.05) is 6.92 Å². The van der Waals surface area contributed by atoms with Gasteiger partial charge in [-0.05, 0) is 24.6 Å². The number of nitrogens with one attached hydrogen (secondary N) is 1. The van der Waals surface area contributed by atoms with E-state index in [0.29, 0.717) is 0 Å². The first-order valence-electron chi connectivity index (χ1n) is 6.28. The van der Waals surface area contributed by atoms with Gasteiger partial charge in [0.1, 0.15) is 5.75 Å². The highest BCUT2D eigenvalue weighted by Crippen LogP contribution is 2.32. The van der Waals surface area contributed by atoms with Crippen LogP contribution in [0.3, 0.4) is 0 Å². The van der Waals surface area contributed by atoms with Crippen LogP contribution in [0.5, 0.6) is 5.75 Å². The number of aromatic nitrogens is 1. The third kappa shape index (κ3) is 2.99. The Morgan fingerprint density at radius 1 is 1.42 bits per heavy atom. The number of rotatable bonds is 4. The summed E-state index contributed by atoms with van der Waals surface area (Å²) in [6.07, 6.45) is 1.01. The maximum atomic E-state index is 5.72. The molecule has 1 aromatic carbocycles. The monoisotopic (exact) mass is 338 g/mol. The molecule has 0 spiro atoms. The molecule has 0 fully saturated rings. The van der Waals surface area contributed by atoms with Gasteiger partial charge < -0.3 is 10.1 Å². The molecular formula is C14H15BrN2OS. The molecular weight excluding hydrogens is 324 g/mol. The van der Waals surface area contributed by atoms with E-state index in [0.717, 1.165) is 47.0 Å². The van der Waals surface area contributed by atoms with E-state index in [1.165, 1.54) is 11.1 Å². The van der Waals surface area contributed by atoms with E-state index in [4.69, 9.17) is 4.74 Å². The predicted octanol–water partition coefficient (Wildman–Crippen LogP) is 3.44. The van der Waals surface area contributed by atoms with Crippen LogP contribution < -0.4 is 10.1 Å². The molecule has 1 N–H and O–H groups in total. The van der Waals surface area contributed by atoms with Gasteiger partial charge in [-0.1, -0.05) is 15.9 Å². The maximum absolute atomic E-state index is 5.72. The van der Waals surface area contributed by atoms with Gasteiger partial charge in [0.25, 0.3) is 0 Å². The van der Waals surface area contributed by atoms with E-state index >= 15 is 0 Å². The van der Waals surface area contributed by atoms with E-state index in [9.17, 15) is 0 Å². The van der Waals surface area contributed by atoms with Gasteiger partial charge in [0, 0.05) is 34.9 Å². The fraction of sp³-hybridized carbons (Fsp3) is 0.357. The van der Waals surface area contributed by atoms with Crippen LogP contribution >= 0.6 is 27.3 Å². The molecule has 0 saturated carbocycles. The minimum Gasteiger partial charge on any atom is -0.493 e. The van der Waals surface area contributed by atoms with Gasteiger partial charge >= 0.3 is 0 Å². The summed E-state index contributed by atoms with van der Waals surface area (Å²) in [6.45, 7) is 4.43. The smallest absolute Gasteiger partial charge is 0.127 e. The van der Waals surface area contributed by atoms with Crippen molar-refractivity contribution in [2.75, 3.05) is 6.61 Å². The van der Waals surface area contributed by atoms with Gasteiger partial charge in [0.05, 0.1) is 17.3 Å². The molecule has 3 nitrogen and oxygen atoms in total. The second-order valence-corrected chi connectivity index (χ2v) is 6.59. The highest BCUT2D eigenvalue weighted by molar-refractivity contribution is 9.10. The van der Waals surface area contributed by atoms with Crippen LogP contribution in [-0.4, -0.2) is 11.6 Å². The van der Waals surface area contributed by atoms with Gasteiger partial charge in [0.15, 0.2) is 0 Å². The highest BCUT2D eigenvalue weighted by atomic mass is 79.9. The first kappa shape index (κ1) is 13.1. The molecule has 2 heterocycles. The minimum atomic E-state index is 0.796. The topological polar surface area (TPSA) is 34.2 Å². The van der Waals surface area contributed by atoms with Gasteiger partial charge in [-0.15, -0.1) is 11.3 Å². The molecule has 1 aromatic heterocycles. The number of aryl methyl sites for hydroxylation is 1. The quantitative estimate of drug-likeness (QED) is 0.927. The SMILES string of the molecule is Cc1nc(CNCc2cc(Br)cc3c2OCC3)cs1. The first-order valence-corrected chi connectivity index (χ1v) is 7.95. The molecule has 2 aromatic rings. The van der Waals surface area contributed by atoms with Crippen molar-refractivity contribution < 1.29 is 4.74 Å². The Morgan fingerprint density at radius 2 is 2.32 bits per heavy atom. The zero-order valence-corrected chi connectivity index (χ0v) is 13.1. The lowest BCUT2D eigenvalue weighted by Crippen LogP contribution is -2.13. The Kier molecular flexibility index (Phi) is 3.86. The summed E-state index contributed by atoms with van der Waals surface area (Å²) in [5.41, 5.74) is 3.62. The Labute approximate surface area is 125 Å². The average Bonchev–Trinajstić information content (AvgIpc) is 2.98. The van der Waals surface area contributed by atoms with Gasteiger partial charge in [-0.2, -0.15) is 0 Å². The molecule has 3 rings (SSSR count). The van der Waals surface area contributed by atoms with Crippen molar-refractivity contribution in [3.05, 3.63) is 43.8 Å². The predicted molar refractivity (Wildman–Crippen MR) is 80.7 cm³/mol. The zero-order chi connectivity index (χ0) is 13.2. The molecule has 100 valence electrons. The van der Waals surface area contributed by atoms with E-state index < -0.39 is 0 Å². The summed E-state index contributed by atoms with van der Waals surface area (Å²) in [4.78, 5) is 4.45. The number of thiazole rings is 1. The molecule has 0 amide bonds. The number of benzene rings is 1. The fourth-order valence-corrected chi connectivity index (χ4v) is 3.46. The standard InChI is InChI=1S/C14H15BrN2OS/c1-9-17-13(8-19-9)7-16-6-11-5-12(15)4-10-2-3-18-14(10)11/h4-5,8,16H,2-3,6-7H2,1H3. The average molecular weight is 339 g/mol. The van der Waals surface area contributed by atoms with Crippen molar-refractivity contribution >= 4 is 27.3 Å². The third-order valence-electron chi connectivity index (χ3n) is 3.11. The normalized spacial score (nSPS) is 13.4. The molecule has 5 heteroatoms. The van der Waals surface area contributed by atoms with Crippen LogP contribution in [0, 0.1) is 6.92 Å². The first-order chi connectivity index (χ1) is 9.22.